The smallest absolute Gasteiger partial charge is 0.336 e. The van der Waals surface area contributed by atoms with Gasteiger partial charge in [0, 0.05) is 17.2 Å². The van der Waals surface area contributed by atoms with Gasteiger partial charge in [-0.25, -0.2) is 9.48 Å². The highest BCUT2D eigenvalue weighted by molar-refractivity contribution is 8.00. The van der Waals surface area contributed by atoms with Crippen molar-refractivity contribution >= 4 is 46.3 Å². The maximum Gasteiger partial charge on any atom is 0.336 e. The van der Waals surface area contributed by atoms with E-state index in [2.05, 4.69) is 31.9 Å². The number of thioether (sulfide) groups is 1. The summed E-state index contributed by atoms with van der Waals surface area (Å²) in [5.41, 5.74) is 4.62. The minimum Gasteiger partial charge on any atom is -0.423 e. The van der Waals surface area contributed by atoms with Crippen LogP contribution < -0.4 is 5.63 Å². The van der Waals surface area contributed by atoms with Gasteiger partial charge in [0.15, 0.2) is 8.29 Å². The molecule has 0 fully saturated rings. The molecule has 0 aliphatic rings. The molecule has 0 saturated carbocycles. The van der Waals surface area contributed by atoms with Gasteiger partial charge in [0.2, 0.25) is 0 Å². The number of fused-ring (bicyclic) bond motifs is 1. The zero-order valence-corrected chi connectivity index (χ0v) is 18.8. The maximum absolute atomic E-state index is 12.1. The van der Waals surface area contributed by atoms with Crippen LogP contribution in [0.5, 0.6) is 0 Å². The SMILES string of the molecule is Cc1cc2oc(=O)cc(CSc3nn(-c4ccccc4)c(=S)s3)c2cc1C(C)C. The number of benzene rings is 2. The van der Waals surface area contributed by atoms with Crippen LogP contribution in [0, 0.1) is 10.9 Å². The summed E-state index contributed by atoms with van der Waals surface area (Å²) in [5, 5.41) is 5.63. The van der Waals surface area contributed by atoms with Gasteiger partial charge in [-0.15, -0.1) is 5.10 Å². The summed E-state index contributed by atoms with van der Waals surface area (Å²) in [4.78, 5) is 12.1. The second-order valence-corrected chi connectivity index (χ2v) is 9.97. The highest BCUT2D eigenvalue weighted by atomic mass is 32.2. The van der Waals surface area contributed by atoms with Gasteiger partial charge in [-0.05, 0) is 66.0 Å². The molecule has 0 aliphatic heterocycles. The van der Waals surface area contributed by atoms with E-state index in [9.17, 15) is 4.79 Å². The number of hydrogen-bond acceptors (Lipinski definition) is 6. The lowest BCUT2D eigenvalue weighted by molar-refractivity contribution is 0.559. The number of hydrogen-bond donors (Lipinski definition) is 0. The Labute approximate surface area is 182 Å². The van der Waals surface area contributed by atoms with Crippen LogP contribution in [0.15, 0.2) is 62.1 Å². The lowest BCUT2D eigenvalue weighted by Crippen LogP contribution is -2.02. The summed E-state index contributed by atoms with van der Waals surface area (Å²) in [7, 11) is 0. The van der Waals surface area contributed by atoms with Crippen LogP contribution in [0.3, 0.4) is 0 Å². The predicted molar refractivity (Wildman–Crippen MR) is 123 cm³/mol. The van der Waals surface area contributed by atoms with E-state index in [1.54, 1.807) is 22.5 Å². The molecule has 4 rings (SSSR count). The molecule has 0 radical (unpaired) electrons. The molecule has 0 N–H and O–H groups in total. The fourth-order valence-corrected chi connectivity index (χ4v) is 5.68. The molecule has 0 aliphatic carbocycles. The molecule has 29 heavy (non-hydrogen) atoms. The third kappa shape index (κ3) is 4.22. The van der Waals surface area contributed by atoms with Crippen LogP contribution in [0.2, 0.25) is 0 Å². The fraction of sp³-hybridized carbons (Fsp3) is 0.227. The predicted octanol–water partition coefficient (Wildman–Crippen LogP) is 6.49. The Balaban J connectivity index is 1.67. The van der Waals surface area contributed by atoms with E-state index in [0.717, 1.165) is 26.5 Å². The first-order valence-electron chi connectivity index (χ1n) is 9.28. The molecule has 0 saturated heterocycles. The number of para-hydroxylation sites is 1. The third-order valence-corrected chi connectivity index (χ3v) is 7.13. The van der Waals surface area contributed by atoms with Crippen molar-refractivity contribution in [2.75, 3.05) is 0 Å². The first-order valence-corrected chi connectivity index (χ1v) is 11.5. The number of nitrogens with zero attached hydrogens (tertiary/aromatic N) is 2. The maximum atomic E-state index is 12.1. The van der Waals surface area contributed by atoms with E-state index in [-0.39, 0.29) is 5.63 Å². The first-order chi connectivity index (χ1) is 13.9. The lowest BCUT2D eigenvalue weighted by atomic mass is 9.95. The zero-order valence-electron chi connectivity index (χ0n) is 16.3. The van der Waals surface area contributed by atoms with Gasteiger partial charge in [0.25, 0.3) is 0 Å². The molecule has 0 spiro atoms. The van der Waals surface area contributed by atoms with E-state index in [0.29, 0.717) is 21.2 Å². The summed E-state index contributed by atoms with van der Waals surface area (Å²) in [6.07, 6.45) is 0. The van der Waals surface area contributed by atoms with E-state index in [1.165, 1.54) is 16.9 Å². The summed E-state index contributed by atoms with van der Waals surface area (Å²) < 4.78 is 8.80. The molecule has 0 bridgehead atoms. The minimum absolute atomic E-state index is 0.327. The van der Waals surface area contributed by atoms with Crippen molar-refractivity contribution < 1.29 is 4.42 Å². The highest BCUT2D eigenvalue weighted by Crippen LogP contribution is 2.31. The molecule has 0 amide bonds. The van der Waals surface area contributed by atoms with Crippen molar-refractivity contribution in [3.05, 3.63) is 79.6 Å². The van der Waals surface area contributed by atoms with Gasteiger partial charge < -0.3 is 4.42 Å². The van der Waals surface area contributed by atoms with Gasteiger partial charge >= 0.3 is 5.63 Å². The van der Waals surface area contributed by atoms with Crippen LogP contribution in [0.1, 0.15) is 36.5 Å². The summed E-state index contributed by atoms with van der Waals surface area (Å²) in [6, 6.07) is 15.6. The van der Waals surface area contributed by atoms with Crippen LogP contribution in [0.25, 0.3) is 16.7 Å². The number of aryl methyl sites for hydroxylation is 1. The Hall–Kier alpha value is -2.22. The van der Waals surface area contributed by atoms with E-state index < -0.39 is 0 Å². The Kier molecular flexibility index (Phi) is 5.72. The van der Waals surface area contributed by atoms with Crippen molar-refractivity contribution in [3.8, 4) is 5.69 Å². The van der Waals surface area contributed by atoms with Crippen LogP contribution in [-0.2, 0) is 5.75 Å². The molecular formula is C22H20N2O2S3. The standard InChI is InChI=1S/C22H20N2O2S3/c1-13(2)17-11-18-15(10-20(25)26-19(18)9-14(17)3)12-28-21-23-24(22(27)29-21)16-7-5-4-6-8-16/h4-11,13H,12H2,1-3H3. The van der Waals surface area contributed by atoms with E-state index in [1.807, 2.05) is 36.4 Å². The van der Waals surface area contributed by atoms with Crippen LogP contribution >= 0.6 is 35.3 Å². The molecule has 4 nitrogen and oxygen atoms in total. The molecule has 2 aromatic carbocycles. The molecule has 0 unspecified atom stereocenters. The molecule has 148 valence electrons. The van der Waals surface area contributed by atoms with Crippen molar-refractivity contribution in [2.45, 2.75) is 36.8 Å². The molecular weight excluding hydrogens is 420 g/mol. The van der Waals surface area contributed by atoms with Crippen molar-refractivity contribution in [2.24, 2.45) is 0 Å². The van der Waals surface area contributed by atoms with Crippen LogP contribution in [0.4, 0.5) is 0 Å². The second kappa shape index (κ2) is 8.26. The fourth-order valence-electron chi connectivity index (χ4n) is 3.32. The largest absolute Gasteiger partial charge is 0.423 e. The Bertz CT molecular complexity index is 1290. The first kappa shape index (κ1) is 20.1. The normalized spacial score (nSPS) is 11.4. The Morgan fingerprint density at radius 2 is 1.97 bits per heavy atom. The van der Waals surface area contributed by atoms with Crippen molar-refractivity contribution in [1.29, 1.82) is 0 Å². The second-order valence-electron chi connectivity index (χ2n) is 7.12. The van der Waals surface area contributed by atoms with Gasteiger partial charge in [-0.3, -0.25) is 0 Å². The monoisotopic (exact) mass is 440 g/mol. The van der Waals surface area contributed by atoms with Gasteiger partial charge in [0.05, 0.1) is 5.69 Å². The third-order valence-electron chi connectivity index (χ3n) is 4.72. The zero-order chi connectivity index (χ0) is 20.5. The average molecular weight is 441 g/mol. The molecule has 4 aromatic rings. The molecule has 2 aromatic heterocycles. The molecule has 7 heteroatoms. The van der Waals surface area contributed by atoms with E-state index >= 15 is 0 Å². The average Bonchev–Trinajstić information content (AvgIpc) is 3.06. The van der Waals surface area contributed by atoms with E-state index in [4.69, 9.17) is 16.6 Å². The number of rotatable bonds is 5. The number of aromatic nitrogens is 2. The molecule has 0 atom stereocenters. The Morgan fingerprint density at radius 3 is 2.69 bits per heavy atom. The van der Waals surface area contributed by atoms with Gasteiger partial charge in [-0.1, -0.05) is 55.1 Å². The summed E-state index contributed by atoms with van der Waals surface area (Å²) in [6.45, 7) is 6.40. The lowest BCUT2D eigenvalue weighted by Gasteiger charge is -2.12. The van der Waals surface area contributed by atoms with Crippen LogP contribution in [-0.4, -0.2) is 9.78 Å². The Morgan fingerprint density at radius 1 is 1.21 bits per heavy atom. The van der Waals surface area contributed by atoms with Crippen molar-refractivity contribution in [1.82, 2.24) is 9.78 Å². The quantitative estimate of drug-likeness (QED) is 0.202. The topological polar surface area (TPSA) is 48.0 Å². The highest BCUT2D eigenvalue weighted by Gasteiger charge is 2.13. The molecule has 2 heterocycles. The van der Waals surface area contributed by atoms with Gasteiger partial charge in [-0.2, -0.15) is 0 Å². The summed E-state index contributed by atoms with van der Waals surface area (Å²) >= 11 is 8.55. The summed E-state index contributed by atoms with van der Waals surface area (Å²) in [5.74, 6) is 1.03. The van der Waals surface area contributed by atoms with Crippen molar-refractivity contribution in [3.63, 3.8) is 0 Å². The minimum atomic E-state index is -0.327. The van der Waals surface area contributed by atoms with Gasteiger partial charge in [0.1, 0.15) is 5.58 Å².